The van der Waals surface area contributed by atoms with Gasteiger partial charge in [-0.15, -0.1) is 0 Å². The number of carbonyl (C=O) groups is 1. The topological polar surface area (TPSA) is 106 Å². The highest BCUT2D eigenvalue weighted by Crippen LogP contribution is 2.11. The van der Waals surface area contributed by atoms with Crippen molar-refractivity contribution in [2.75, 3.05) is 0 Å². The summed E-state index contributed by atoms with van der Waals surface area (Å²) in [6, 6.07) is 4.91. The predicted octanol–water partition coefficient (Wildman–Crippen LogP) is 0.804. The van der Waals surface area contributed by atoms with E-state index in [-0.39, 0.29) is 18.0 Å². The predicted molar refractivity (Wildman–Crippen MR) is 87.2 cm³/mol. The van der Waals surface area contributed by atoms with E-state index >= 15 is 0 Å². The number of H-pyrrole nitrogens is 1. The fourth-order valence-corrected chi connectivity index (χ4v) is 2.33. The van der Waals surface area contributed by atoms with Gasteiger partial charge < -0.3 is 10.3 Å². The van der Waals surface area contributed by atoms with Crippen LogP contribution in [0.1, 0.15) is 21.7 Å². The average Bonchev–Trinajstić information content (AvgIpc) is 2.91. The van der Waals surface area contributed by atoms with Crippen molar-refractivity contribution in [3.05, 3.63) is 64.1 Å². The first-order valence-corrected chi connectivity index (χ1v) is 7.32. The lowest BCUT2D eigenvalue weighted by Gasteiger charge is -2.06. The molecule has 3 heterocycles. The molecule has 0 fully saturated rings. The second-order valence-corrected chi connectivity index (χ2v) is 5.31. The summed E-state index contributed by atoms with van der Waals surface area (Å²) in [5.41, 5.74) is 2.02. The minimum absolute atomic E-state index is 0.143. The normalized spacial score (nSPS) is 10.6. The van der Waals surface area contributed by atoms with Crippen LogP contribution in [0.15, 0.2) is 41.6 Å². The molecule has 0 radical (unpaired) electrons. The van der Waals surface area contributed by atoms with Crippen LogP contribution in [-0.2, 0) is 13.6 Å². The molecule has 0 unspecified atom stereocenters. The van der Waals surface area contributed by atoms with E-state index in [9.17, 15) is 9.59 Å². The molecule has 3 aromatic heterocycles. The third kappa shape index (κ3) is 3.37. The molecule has 0 aromatic carbocycles. The molecule has 1 amide bonds. The van der Waals surface area contributed by atoms with E-state index in [1.807, 2.05) is 0 Å². The number of pyridine rings is 1. The van der Waals surface area contributed by atoms with Crippen LogP contribution in [-0.4, -0.2) is 30.6 Å². The van der Waals surface area contributed by atoms with Crippen molar-refractivity contribution in [2.24, 2.45) is 7.05 Å². The molecule has 3 aromatic rings. The van der Waals surface area contributed by atoms with Gasteiger partial charge in [0.2, 0.25) is 0 Å². The fourth-order valence-electron chi connectivity index (χ4n) is 2.33. The summed E-state index contributed by atoms with van der Waals surface area (Å²) in [6.07, 6.45) is 4.90. The number of aryl methyl sites for hydroxylation is 2. The zero-order chi connectivity index (χ0) is 17.1. The minimum atomic E-state index is -0.286. The van der Waals surface area contributed by atoms with E-state index in [4.69, 9.17) is 0 Å². The van der Waals surface area contributed by atoms with E-state index in [0.29, 0.717) is 28.3 Å². The molecular formula is C16H16N6O2. The first kappa shape index (κ1) is 15.6. The lowest BCUT2D eigenvalue weighted by Crippen LogP contribution is -2.25. The van der Waals surface area contributed by atoms with Gasteiger partial charge in [-0.25, -0.2) is 4.98 Å². The molecule has 8 heteroatoms. The van der Waals surface area contributed by atoms with Gasteiger partial charge >= 0.3 is 0 Å². The van der Waals surface area contributed by atoms with Gasteiger partial charge in [0.05, 0.1) is 23.5 Å². The quantitative estimate of drug-likeness (QED) is 0.738. The standard InChI is InChI=1S/C16H16N6O2/c1-10-13(9-22(2)21-10)16(24)18-8-12-6-14(23)20-15(19-12)11-4-3-5-17-7-11/h3-7,9H,8H2,1-2H3,(H,18,24)(H,19,20,23). The Kier molecular flexibility index (Phi) is 4.19. The number of nitrogens with one attached hydrogen (secondary N) is 2. The highest BCUT2D eigenvalue weighted by atomic mass is 16.1. The molecule has 3 rings (SSSR count). The third-order valence-electron chi connectivity index (χ3n) is 3.42. The van der Waals surface area contributed by atoms with Gasteiger partial charge in [-0.05, 0) is 19.1 Å². The maximum Gasteiger partial charge on any atom is 0.255 e. The van der Waals surface area contributed by atoms with Crippen LogP contribution in [0.3, 0.4) is 0 Å². The summed E-state index contributed by atoms with van der Waals surface area (Å²) in [5, 5.41) is 6.89. The van der Waals surface area contributed by atoms with Crippen molar-refractivity contribution in [2.45, 2.75) is 13.5 Å². The van der Waals surface area contributed by atoms with Crippen molar-refractivity contribution in [3.63, 3.8) is 0 Å². The largest absolute Gasteiger partial charge is 0.346 e. The van der Waals surface area contributed by atoms with Crippen LogP contribution in [0.5, 0.6) is 0 Å². The van der Waals surface area contributed by atoms with Crippen molar-refractivity contribution >= 4 is 5.91 Å². The van der Waals surface area contributed by atoms with E-state index in [1.54, 1.807) is 49.4 Å². The number of nitrogens with zero attached hydrogens (tertiary/aromatic N) is 4. The SMILES string of the molecule is Cc1nn(C)cc1C(=O)NCc1cc(=O)[nH]c(-c2cccnc2)n1. The number of hydrogen-bond donors (Lipinski definition) is 2. The van der Waals surface area contributed by atoms with Gasteiger partial charge in [0.25, 0.3) is 11.5 Å². The summed E-state index contributed by atoms with van der Waals surface area (Å²) < 4.78 is 1.58. The average molecular weight is 324 g/mol. The summed E-state index contributed by atoms with van der Waals surface area (Å²) in [6.45, 7) is 1.91. The number of hydrogen-bond acceptors (Lipinski definition) is 5. The molecule has 122 valence electrons. The molecular weight excluding hydrogens is 308 g/mol. The first-order chi connectivity index (χ1) is 11.5. The van der Waals surface area contributed by atoms with Gasteiger partial charge in [0.15, 0.2) is 0 Å². The number of amides is 1. The van der Waals surface area contributed by atoms with Crippen LogP contribution in [0.2, 0.25) is 0 Å². The van der Waals surface area contributed by atoms with Gasteiger partial charge in [-0.2, -0.15) is 5.10 Å². The zero-order valence-corrected chi connectivity index (χ0v) is 13.3. The Hall–Kier alpha value is -3.29. The molecule has 2 N–H and O–H groups in total. The maximum absolute atomic E-state index is 12.2. The maximum atomic E-state index is 12.2. The van der Waals surface area contributed by atoms with E-state index in [2.05, 4.69) is 25.4 Å². The highest BCUT2D eigenvalue weighted by Gasteiger charge is 2.13. The molecule has 24 heavy (non-hydrogen) atoms. The van der Waals surface area contributed by atoms with Crippen LogP contribution in [0, 0.1) is 6.92 Å². The summed E-state index contributed by atoms with van der Waals surface area (Å²) in [7, 11) is 1.75. The summed E-state index contributed by atoms with van der Waals surface area (Å²) in [5.74, 6) is 0.156. The summed E-state index contributed by atoms with van der Waals surface area (Å²) in [4.78, 5) is 35.1. The van der Waals surface area contributed by atoms with Gasteiger partial charge in [0, 0.05) is 37.3 Å². The third-order valence-corrected chi connectivity index (χ3v) is 3.42. The van der Waals surface area contributed by atoms with E-state index < -0.39 is 0 Å². The molecule has 8 nitrogen and oxygen atoms in total. The molecule has 0 saturated carbocycles. The van der Waals surface area contributed by atoms with Gasteiger partial charge in [0.1, 0.15) is 5.82 Å². The second-order valence-electron chi connectivity index (χ2n) is 5.31. The van der Waals surface area contributed by atoms with Crippen LogP contribution in [0.25, 0.3) is 11.4 Å². The van der Waals surface area contributed by atoms with E-state index in [0.717, 1.165) is 0 Å². The molecule has 0 saturated heterocycles. The van der Waals surface area contributed by atoms with E-state index in [1.165, 1.54) is 6.07 Å². The lowest BCUT2D eigenvalue weighted by atomic mass is 10.2. The molecule has 0 aliphatic carbocycles. The van der Waals surface area contributed by atoms with Crippen LogP contribution in [0.4, 0.5) is 0 Å². The smallest absolute Gasteiger partial charge is 0.255 e. The molecule has 0 atom stereocenters. The Morgan fingerprint density at radius 3 is 2.92 bits per heavy atom. The number of aromatic nitrogens is 5. The number of carbonyl (C=O) groups excluding carboxylic acids is 1. The fraction of sp³-hybridized carbons (Fsp3) is 0.188. The molecule has 0 bridgehead atoms. The van der Waals surface area contributed by atoms with Crippen LogP contribution < -0.4 is 10.9 Å². The number of aromatic amines is 1. The molecule has 0 spiro atoms. The monoisotopic (exact) mass is 324 g/mol. The van der Waals surface area contributed by atoms with Crippen molar-refractivity contribution in [1.82, 2.24) is 30.0 Å². The Labute approximate surface area is 137 Å². The Bertz CT molecular complexity index is 929. The van der Waals surface area contributed by atoms with Crippen molar-refractivity contribution < 1.29 is 4.79 Å². The van der Waals surface area contributed by atoms with Gasteiger partial charge in [-0.3, -0.25) is 19.3 Å². The summed E-state index contributed by atoms with van der Waals surface area (Å²) >= 11 is 0. The van der Waals surface area contributed by atoms with Crippen molar-refractivity contribution in [3.8, 4) is 11.4 Å². The second kappa shape index (κ2) is 6.45. The zero-order valence-electron chi connectivity index (χ0n) is 13.3. The lowest BCUT2D eigenvalue weighted by molar-refractivity contribution is 0.0949. The van der Waals surface area contributed by atoms with Crippen LogP contribution >= 0.6 is 0 Å². The molecule has 0 aliphatic heterocycles. The Balaban J connectivity index is 1.78. The Morgan fingerprint density at radius 1 is 1.42 bits per heavy atom. The molecule has 0 aliphatic rings. The van der Waals surface area contributed by atoms with Gasteiger partial charge in [-0.1, -0.05) is 0 Å². The first-order valence-electron chi connectivity index (χ1n) is 7.32. The Morgan fingerprint density at radius 2 is 2.25 bits per heavy atom. The van der Waals surface area contributed by atoms with Crippen molar-refractivity contribution in [1.29, 1.82) is 0 Å². The number of rotatable bonds is 4. The highest BCUT2D eigenvalue weighted by molar-refractivity contribution is 5.94. The minimum Gasteiger partial charge on any atom is -0.346 e.